The van der Waals surface area contributed by atoms with Crippen molar-refractivity contribution in [1.82, 2.24) is 9.88 Å². The molecule has 1 saturated heterocycles. The van der Waals surface area contributed by atoms with E-state index in [0.717, 1.165) is 33.6 Å². The highest BCUT2D eigenvalue weighted by molar-refractivity contribution is 7.14. The van der Waals surface area contributed by atoms with Crippen molar-refractivity contribution in [2.45, 2.75) is 31.7 Å². The number of ether oxygens (including phenoxy) is 1. The van der Waals surface area contributed by atoms with Crippen LogP contribution in [0.2, 0.25) is 0 Å². The number of carboxylic acids is 1. The van der Waals surface area contributed by atoms with E-state index in [2.05, 4.69) is 34.6 Å². The van der Waals surface area contributed by atoms with Gasteiger partial charge in [-0.1, -0.05) is 48.5 Å². The Morgan fingerprint density at radius 1 is 1.11 bits per heavy atom. The minimum atomic E-state index is -0.827. The Morgan fingerprint density at radius 2 is 1.77 bits per heavy atom. The van der Waals surface area contributed by atoms with Crippen LogP contribution in [0.4, 0.5) is 9.93 Å². The van der Waals surface area contributed by atoms with Crippen molar-refractivity contribution in [2.75, 3.05) is 18.5 Å². The van der Waals surface area contributed by atoms with Crippen molar-refractivity contribution in [1.29, 1.82) is 0 Å². The first kappa shape index (κ1) is 23.0. The first-order chi connectivity index (χ1) is 16.9. The molecule has 0 spiro atoms. The molecule has 2 heterocycles. The van der Waals surface area contributed by atoms with Gasteiger partial charge in [0.25, 0.3) is 5.91 Å². The van der Waals surface area contributed by atoms with E-state index in [1.54, 1.807) is 10.3 Å². The number of hydrogen-bond donors (Lipinski definition) is 2. The summed E-state index contributed by atoms with van der Waals surface area (Å²) in [5.41, 5.74) is 4.79. The summed E-state index contributed by atoms with van der Waals surface area (Å²) in [6, 6.07) is 16.0. The smallest absolute Gasteiger partial charge is 0.413 e. The van der Waals surface area contributed by atoms with Gasteiger partial charge in [0.1, 0.15) is 12.3 Å². The van der Waals surface area contributed by atoms with Crippen LogP contribution in [-0.4, -0.2) is 52.2 Å². The molecule has 0 unspecified atom stereocenters. The largest absolute Gasteiger partial charge is 0.481 e. The summed E-state index contributed by atoms with van der Waals surface area (Å²) in [5, 5.41) is 13.7. The molecule has 1 aromatic heterocycles. The first-order valence-electron chi connectivity index (χ1n) is 11.5. The van der Waals surface area contributed by atoms with Gasteiger partial charge in [0.15, 0.2) is 5.13 Å². The predicted octanol–water partition coefficient (Wildman–Crippen LogP) is 4.83. The van der Waals surface area contributed by atoms with Crippen LogP contribution >= 0.6 is 11.3 Å². The van der Waals surface area contributed by atoms with Gasteiger partial charge in [-0.15, -0.1) is 11.3 Å². The van der Waals surface area contributed by atoms with E-state index in [4.69, 9.17) is 4.74 Å². The van der Waals surface area contributed by atoms with E-state index in [1.807, 2.05) is 31.2 Å². The molecule has 5 rings (SSSR count). The third kappa shape index (κ3) is 4.51. The number of carbonyl (C=O) groups excluding carboxylic acids is 2. The monoisotopic (exact) mass is 491 g/mol. The molecule has 3 aromatic rings. The zero-order chi connectivity index (χ0) is 24.5. The Bertz CT molecular complexity index is 1240. The van der Waals surface area contributed by atoms with E-state index in [1.165, 1.54) is 0 Å². The molecule has 2 N–H and O–H groups in total. The van der Waals surface area contributed by atoms with Gasteiger partial charge < -0.3 is 14.7 Å². The van der Waals surface area contributed by atoms with Crippen LogP contribution in [0, 0.1) is 5.92 Å². The van der Waals surface area contributed by atoms with Gasteiger partial charge in [0.2, 0.25) is 0 Å². The SMILES string of the molecule is C[C@H]1C[C@@H](C(=O)O)CCN1C(=O)c1csc(NC(=O)OCC2c3ccccc3-c3ccccc32)n1. The summed E-state index contributed by atoms with van der Waals surface area (Å²) in [7, 11) is 0. The van der Waals surface area contributed by atoms with Gasteiger partial charge in [-0.05, 0) is 42.0 Å². The summed E-state index contributed by atoms with van der Waals surface area (Å²) >= 11 is 1.15. The number of piperidine rings is 1. The highest BCUT2D eigenvalue weighted by Crippen LogP contribution is 2.44. The molecule has 0 bridgehead atoms. The number of anilines is 1. The Kier molecular flexibility index (Phi) is 6.25. The molecule has 2 atom stereocenters. The lowest BCUT2D eigenvalue weighted by molar-refractivity contribution is -0.143. The normalized spacial score (nSPS) is 19.1. The average molecular weight is 492 g/mol. The number of aromatic nitrogens is 1. The number of carbonyl (C=O) groups is 3. The lowest BCUT2D eigenvalue weighted by atomic mass is 9.91. The number of amides is 2. The van der Waals surface area contributed by atoms with E-state index >= 15 is 0 Å². The second kappa shape index (κ2) is 9.50. The molecule has 0 radical (unpaired) electrons. The molecule has 2 aliphatic rings. The molecule has 2 aromatic carbocycles. The summed E-state index contributed by atoms with van der Waals surface area (Å²) in [4.78, 5) is 42.6. The molecular formula is C26H25N3O5S. The molecular weight excluding hydrogens is 466 g/mol. The number of thiazole rings is 1. The lowest BCUT2D eigenvalue weighted by Crippen LogP contribution is -2.46. The Morgan fingerprint density at radius 3 is 2.40 bits per heavy atom. The number of nitrogens with one attached hydrogen (secondary N) is 1. The quantitative estimate of drug-likeness (QED) is 0.529. The summed E-state index contributed by atoms with van der Waals surface area (Å²) in [5.74, 6) is -1.57. The molecule has 1 fully saturated rings. The first-order valence-corrected chi connectivity index (χ1v) is 12.4. The summed E-state index contributed by atoms with van der Waals surface area (Å²) in [6.07, 6.45) is 0.201. The molecule has 35 heavy (non-hydrogen) atoms. The van der Waals surface area contributed by atoms with E-state index < -0.39 is 18.0 Å². The maximum absolute atomic E-state index is 12.9. The van der Waals surface area contributed by atoms with Crippen molar-refractivity contribution < 1.29 is 24.2 Å². The van der Waals surface area contributed by atoms with Crippen LogP contribution in [-0.2, 0) is 9.53 Å². The van der Waals surface area contributed by atoms with E-state index in [0.29, 0.717) is 19.4 Å². The molecule has 8 nitrogen and oxygen atoms in total. The van der Waals surface area contributed by atoms with E-state index in [-0.39, 0.29) is 35.3 Å². The van der Waals surface area contributed by atoms with Gasteiger partial charge >= 0.3 is 12.1 Å². The van der Waals surface area contributed by atoms with Crippen molar-refractivity contribution in [3.8, 4) is 11.1 Å². The minimum Gasteiger partial charge on any atom is -0.481 e. The van der Waals surface area contributed by atoms with Gasteiger partial charge in [0.05, 0.1) is 5.92 Å². The second-order valence-electron chi connectivity index (χ2n) is 8.90. The minimum absolute atomic E-state index is 0.0446. The summed E-state index contributed by atoms with van der Waals surface area (Å²) < 4.78 is 5.55. The number of likely N-dealkylation sites (tertiary alicyclic amines) is 1. The Labute approximate surface area is 206 Å². The maximum Gasteiger partial charge on any atom is 0.413 e. The van der Waals surface area contributed by atoms with Gasteiger partial charge in [0, 0.05) is 23.9 Å². The van der Waals surface area contributed by atoms with Crippen LogP contribution < -0.4 is 5.32 Å². The number of nitrogens with zero attached hydrogens (tertiary/aromatic N) is 2. The van der Waals surface area contributed by atoms with Crippen LogP contribution in [0.15, 0.2) is 53.9 Å². The van der Waals surface area contributed by atoms with Crippen molar-refractivity contribution in [2.24, 2.45) is 5.92 Å². The molecule has 9 heteroatoms. The van der Waals surface area contributed by atoms with Crippen molar-refractivity contribution in [3.63, 3.8) is 0 Å². The van der Waals surface area contributed by atoms with Crippen LogP contribution in [0.1, 0.15) is 47.3 Å². The molecule has 1 aliphatic carbocycles. The van der Waals surface area contributed by atoms with E-state index in [9.17, 15) is 19.5 Å². The van der Waals surface area contributed by atoms with Crippen LogP contribution in [0.3, 0.4) is 0 Å². The van der Waals surface area contributed by atoms with Gasteiger partial charge in [-0.25, -0.2) is 9.78 Å². The zero-order valence-corrected chi connectivity index (χ0v) is 20.0. The molecule has 2 amide bonds. The Balaban J connectivity index is 1.20. The Hall–Kier alpha value is -3.72. The van der Waals surface area contributed by atoms with Crippen LogP contribution in [0.5, 0.6) is 0 Å². The number of benzene rings is 2. The standard InChI is InChI=1S/C26H25N3O5S/c1-15-12-16(24(31)32)10-11-29(15)23(30)22-14-35-25(27-22)28-26(33)34-13-21-19-8-4-2-6-17(19)18-7-3-5-9-20(18)21/h2-9,14-16,21H,10-13H2,1H3,(H,31,32)(H,27,28,33)/t15-,16-/m0/s1. The number of carboxylic acid groups (broad SMARTS) is 1. The highest BCUT2D eigenvalue weighted by Gasteiger charge is 2.33. The zero-order valence-electron chi connectivity index (χ0n) is 19.1. The third-order valence-electron chi connectivity index (χ3n) is 6.76. The van der Waals surface area contributed by atoms with Crippen LogP contribution in [0.25, 0.3) is 11.1 Å². The summed E-state index contributed by atoms with van der Waals surface area (Å²) in [6.45, 7) is 2.39. The third-order valence-corrected chi connectivity index (χ3v) is 7.52. The van der Waals surface area contributed by atoms with Gasteiger partial charge in [-0.3, -0.25) is 14.9 Å². The lowest BCUT2D eigenvalue weighted by Gasteiger charge is -2.35. The fourth-order valence-electron chi connectivity index (χ4n) is 5.00. The topological polar surface area (TPSA) is 109 Å². The molecule has 180 valence electrons. The molecule has 1 aliphatic heterocycles. The fourth-order valence-corrected chi connectivity index (χ4v) is 5.67. The number of rotatable bonds is 5. The van der Waals surface area contributed by atoms with Gasteiger partial charge in [-0.2, -0.15) is 0 Å². The number of aliphatic carboxylic acids is 1. The number of fused-ring (bicyclic) bond motifs is 3. The highest BCUT2D eigenvalue weighted by atomic mass is 32.1. The fraction of sp³-hybridized carbons (Fsp3) is 0.308. The van der Waals surface area contributed by atoms with Crippen molar-refractivity contribution >= 4 is 34.4 Å². The molecule has 0 saturated carbocycles. The second-order valence-corrected chi connectivity index (χ2v) is 9.75. The predicted molar refractivity (Wildman–Crippen MR) is 132 cm³/mol. The maximum atomic E-state index is 12.9. The average Bonchev–Trinajstić information content (AvgIpc) is 3.45. The number of hydrogen-bond acceptors (Lipinski definition) is 6. The van der Waals surface area contributed by atoms with Crippen molar-refractivity contribution in [3.05, 3.63) is 70.7 Å².